The van der Waals surface area contributed by atoms with Crippen LogP contribution in [0.5, 0.6) is 11.5 Å². The van der Waals surface area contributed by atoms with Crippen molar-refractivity contribution in [2.75, 3.05) is 6.61 Å². The summed E-state index contributed by atoms with van der Waals surface area (Å²) in [5, 5.41) is 9.18. The molecular formula is C24H25N3O4. The second kappa shape index (κ2) is 9.04. The third-order valence-corrected chi connectivity index (χ3v) is 4.94. The fourth-order valence-corrected chi connectivity index (χ4v) is 3.30. The minimum Gasteiger partial charge on any atom is -0.492 e. The Labute approximate surface area is 180 Å². The lowest BCUT2D eigenvalue weighted by atomic mass is 10.0. The van der Waals surface area contributed by atoms with Gasteiger partial charge in [-0.15, -0.1) is 5.10 Å². The fourth-order valence-electron chi connectivity index (χ4n) is 3.30. The molecule has 0 unspecified atom stereocenters. The first-order valence-electron chi connectivity index (χ1n) is 10.3. The van der Waals surface area contributed by atoms with Crippen molar-refractivity contribution in [3.63, 3.8) is 0 Å². The first-order chi connectivity index (χ1) is 15.0. The van der Waals surface area contributed by atoms with Gasteiger partial charge in [0.2, 0.25) is 0 Å². The summed E-state index contributed by atoms with van der Waals surface area (Å²) in [6.07, 6.45) is 1.85. The van der Waals surface area contributed by atoms with Crippen molar-refractivity contribution in [2.24, 2.45) is 0 Å². The van der Waals surface area contributed by atoms with Crippen molar-refractivity contribution in [1.29, 1.82) is 0 Å². The van der Waals surface area contributed by atoms with E-state index < -0.39 is 0 Å². The molecule has 0 atom stereocenters. The normalized spacial score (nSPS) is 11.2. The van der Waals surface area contributed by atoms with Crippen LogP contribution in [0.4, 0.5) is 0 Å². The Morgan fingerprint density at radius 1 is 1.06 bits per heavy atom. The maximum Gasteiger partial charge on any atom is 0.336 e. The molecule has 31 heavy (non-hydrogen) atoms. The van der Waals surface area contributed by atoms with Gasteiger partial charge in [0.1, 0.15) is 36.0 Å². The van der Waals surface area contributed by atoms with Gasteiger partial charge in [-0.1, -0.05) is 31.2 Å². The number of hydrogen-bond acceptors (Lipinski definition) is 6. The summed E-state index contributed by atoms with van der Waals surface area (Å²) < 4.78 is 18.7. The van der Waals surface area contributed by atoms with Gasteiger partial charge in [-0.3, -0.25) is 0 Å². The number of rotatable bonds is 8. The molecule has 0 spiro atoms. The first kappa shape index (κ1) is 20.7. The topological polar surface area (TPSA) is 79.4 Å². The molecule has 0 saturated carbocycles. The van der Waals surface area contributed by atoms with Gasteiger partial charge in [-0.2, -0.15) is 0 Å². The minimum absolute atomic E-state index is 0.355. The van der Waals surface area contributed by atoms with Crippen LogP contribution in [-0.4, -0.2) is 21.6 Å². The maximum absolute atomic E-state index is 11.4. The number of fused-ring (bicyclic) bond motifs is 1. The SMILES string of the molecule is Cc1ccc(C(C)C)c(OCc2cn(CCOc3ccc4ccc(=O)oc4c3)nn2)c1. The lowest BCUT2D eigenvalue weighted by molar-refractivity contribution is 0.289. The van der Waals surface area contributed by atoms with E-state index in [-0.39, 0.29) is 5.63 Å². The van der Waals surface area contributed by atoms with Gasteiger partial charge in [0, 0.05) is 17.5 Å². The zero-order valence-corrected chi connectivity index (χ0v) is 17.9. The molecule has 0 radical (unpaired) electrons. The second-order valence-electron chi connectivity index (χ2n) is 7.76. The molecule has 2 aromatic carbocycles. The van der Waals surface area contributed by atoms with Crippen LogP contribution in [0.3, 0.4) is 0 Å². The fraction of sp³-hybridized carbons (Fsp3) is 0.292. The van der Waals surface area contributed by atoms with Gasteiger partial charge in [0.25, 0.3) is 0 Å². The third-order valence-electron chi connectivity index (χ3n) is 4.94. The number of aryl methyl sites for hydroxylation is 1. The van der Waals surface area contributed by atoms with E-state index in [1.807, 2.05) is 18.3 Å². The highest BCUT2D eigenvalue weighted by atomic mass is 16.5. The Hall–Kier alpha value is -3.61. The maximum atomic E-state index is 11.4. The molecule has 0 aliphatic rings. The number of benzene rings is 2. The van der Waals surface area contributed by atoms with Crippen molar-refractivity contribution >= 4 is 11.0 Å². The first-order valence-corrected chi connectivity index (χ1v) is 10.3. The lowest BCUT2D eigenvalue weighted by Gasteiger charge is -2.14. The van der Waals surface area contributed by atoms with E-state index in [1.54, 1.807) is 16.8 Å². The molecule has 0 N–H and O–H groups in total. The zero-order valence-electron chi connectivity index (χ0n) is 17.9. The van der Waals surface area contributed by atoms with Crippen LogP contribution < -0.4 is 15.1 Å². The van der Waals surface area contributed by atoms with E-state index in [0.29, 0.717) is 37.0 Å². The summed E-state index contributed by atoms with van der Waals surface area (Å²) in [4.78, 5) is 11.4. The predicted molar refractivity (Wildman–Crippen MR) is 118 cm³/mol. The molecule has 4 aromatic rings. The molecule has 0 amide bonds. The van der Waals surface area contributed by atoms with Crippen molar-refractivity contribution in [3.05, 3.63) is 82.0 Å². The molecule has 0 saturated heterocycles. The lowest BCUT2D eigenvalue weighted by Crippen LogP contribution is -2.08. The summed E-state index contributed by atoms with van der Waals surface area (Å²) >= 11 is 0. The Morgan fingerprint density at radius 3 is 2.74 bits per heavy atom. The average molecular weight is 419 g/mol. The smallest absolute Gasteiger partial charge is 0.336 e. The number of aromatic nitrogens is 3. The quantitative estimate of drug-likeness (QED) is 0.392. The highest BCUT2D eigenvalue weighted by Crippen LogP contribution is 2.28. The van der Waals surface area contributed by atoms with Gasteiger partial charge in [-0.05, 0) is 48.2 Å². The van der Waals surface area contributed by atoms with Crippen LogP contribution in [0.1, 0.15) is 36.6 Å². The van der Waals surface area contributed by atoms with Crippen molar-refractivity contribution in [3.8, 4) is 11.5 Å². The number of nitrogens with zero attached hydrogens (tertiary/aromatic N) is 3. The molecule has 7 nitrogen and oxygen atoms in total. The highest BCUT2D eigenvalue weighted by Gasteiger charge is 2.10. The number of ether oxygens (including phenoxy) is 2. The van der Waals surface area contributed by atoms with E-state index >= 15 is 0 Å². The molecule has 0 aliphatic heterocycles. The summed E-state index contributed by atoms with van der Waals surface area (Å²) in [6.45, 7) is 7.64. The zero-order chi connectivity index (χ0) is 21.8. The summed E-state index contributed by atoms with van der Waals surface area (Å²) in [7, 11) is 0. The van der Waals surface area contributed by atoms with Crippen LogP contribution in [0, 0.1) is 6.92 Å². The van der Waals surface area contributed by atoms with Crippen LogP contribution >= 0.6 is 0 Å². The minimum atomic E-state index is -0.381. The van der Waals surface area contributed by atoms with Crippen LogP contribution in [0.15, 0.2) is 63.9 Å². The molecule has 4 rings (SSSR count). The predicted octanol–water partition coefficient (Wildman–Crippen LogP) is 4.47. The molecular weight excluding hydrogens is 394 g/mol. The van der Waals surface area contributed by atoms with Crippen molar-refractivity contribution < 1.29 is 13.9 Å². The second-order valence-corrected chi connectivity index (χ2v) is 7.76. The molecule has 160 valence electrons. The third kappa shape index (κ3) is 5.12. The summed E-state index contributed by atoms with van der Waals surface area (Å²) in [6, 6.07) is 14.8. The van der Waals surface area contributed by atoms with E-state index in [1.165, 1.54) is 11.6 Å². The van der Waals surface area contributed by atoms with Gasteiger partial charge in [-0.25, -0.2) is 9.48 Å². The van der Waals surface area contributed by atoms with E-state index in [4.69, 9.17) is 13.9 Å². The molecule has 7 heteroatoms. The average Bonchev–Trinajstić information content (AvgIpc) is 3.19. The number of hydrogen-bond donors (Lipinski definition) is 0. The molecule has 2 aromatic heterocycles. The highest BCUT2D eigenvalue weighted by molar-refractivity contribution is 5.77. The largest absolute Gasteiger partial charge is 0.492 e. The van der Waals surface area contributed by atoms with E-state index in [9.17, 15) is 4.79 Å². The molecule has 0 bridgehead atoms. The standard InChI is InChI=1S/C24H25N3O4/c1-16(2)21-8-4-17(3)12-23(21)30-15-19-14-27(26-25-19)10-11-29-20-7-5-18-6-9-24(28)31-22(18)13-20/h4-9,12-14,16H,10-11,15H2,1-3H3. The van der Waals surface area contributed by atoms with Gasteiger partial charge < -0.3 is 13.9 Å². The summed E-state index contributed by atoms with van der Waals surface area (Å²) in [5.41, 5.74) is 3.21. The van der Waals surface area contributed by atoms with Crippen LogP contribution in [0.25, 0.3) is 11.0 Å². The van der Waals surface area contributed by atoms with E-state index in [2.05, 4.69) is 49.3 Å². The molecule has 2 heterocycles. The van der Waals surface area contributed by atoms with Crippen molar-refractivity contribution in [2.45, 2.75) is 39.8 Å². The van der Waals surface area contributed by atoms with E-state index in [0.717, 1.165) is 22.4 Å². The summed E-state index contributed by atoms with van der Waals surface area (Å²) in [5.74, 6) is 1.90. The Morgan fingerprint density at radius 2 is 1.90 bits per heavy atom. The Bertz CT molecular complexity index is 1240. The Kier molecular flexibility index (Phi) is 6.02. The molecule has 0 fully saturated rings. The monoisotopic (exact) mass is 419 g/mol. The van der Waals surface area contributed by atoms with Gasteiger partial charge >= 0.3 is 5.63 Å². The molecule has 0 aliphatic carbocycles. The van der Waals surface area contributed by atoms with Crippen LogP contribution in [0.2, 0.25) is 0 Å². The van der Waals surface area contributed by atoms with Crippen molar-refractivity contribution in [1.82, 2.24) is 15.0 Å². The Balaban J connectivity index is 1.33. The van der Waals surface area contributed by atoms with Crippen LogP contribution in [-0.2, 0) is 13.2 Å². The van der Waals surface area contributed by atoms with Gasteiger partial charge in [0.15, 0.2) is 0 Å². The van der Waals surface area contributed by atoms with Gasteiger partial charge in [0.05, 0.1) is 12.7 Å².